The van der Waals surface area contributed by atoms with Gasteiger partial charge in [0.15, 0.2) is 0 Å². The predicted molar refractivity (Wildman–Crippen MR) is 76.6 cm³/mol. The Bertz CT molecular complexity index is 573. The van der Waals surface area contributed by atoms with Crippen molar-refractivity contribution < 1.29 is 0 Å². The Morgan fingerprint density at radius 1 is 1.42 bits per heavy atom. The Hall–Kier alpha value is -1.81. The normalized spacial score (nSPS) is 18.3. The third-order valence-electron chi connectivity index (χ3n) is 3.97. The summed E-state index contributed by atoms with van der Waals surface area (Å²) < 4.78 is 2.00. The Kier molecular flexibility index (Phi) is 3.25. The summed E-state index contributed by atoms with van der Waals surface area (Å²) in [5.41, 5.74) is 10.7. The third-order valence-corrected chi connectivity index (χ3v) is 3.97. The molecule has 1 aromatic carbocycles. The highest BCUT2D eigenvalue weighted by atomic mass is 15.3. The van der Waals surface area contributed by atoms with Crippen LogP contribution in [0, 0.1) is 0 Å². The van der Waals surface area contributed by atoms with E-state index < -0.39 is 0 Å². The number of nitrogens with two attached hydrogens (primary N) is 1. The highest BCUT2D eigenvalue weighted by Gasteiger charge is 2.22. The van der Waals surface area contributed by atoms with Crippen molar-refractivity contribution in [1.82, 2.24) is 15.1 Å². The van der Waals surface area contributed by atoms with Crippen LogP contribution in [0.2, 0.25) is 0 Å². The number of nitrogens with zero attached hydrogens (tertiary/aromatic N) is 2. The smallest absolute Gasteiger partial charge is 0.0540 e. The van der Waals surface area contributed by atoms with Crippen LogP contribution in [0.4, 0.5) is 5.69 Å². The van der Waals surface area contributed by atoms with Crippen molar-refractivity contribution in [3.63, 3.8) is 0 Å². The SMILES string of the molecule is Cn1ncc2c1CCCC2NCc1ccccc1N. The molecule has 0 spiro atoms. The lowest BCUT2D eigenvalue weighted by molar-refractivity contribution is 0.452. The highest BCUT2D eigenvalue weighted by molar-refractivity contribution is 5.46. The van der Waals surface area contributed by atoms with Crippen LogP contribution in [-0.4, -0.2) is 9.78 Å². The lowest BCUT2D eigenvalue weighted by Gasteiger charge is -2.24. The van der Waals surface area contributed by atoms with E-state index in [4.69, 9.17) is 5.73 Å². The summed E-state index contributed by atoms with van der Waals surface area (Å²) >= 11 is 0. The molecule has 1 atom stereocenters. The minimum Gasteiger partial charge on any atom is -0.398 e. The zero-order valence-corrected chi connectivity index (χ0v) is 11.3. The van der Waals surface area contributed by atoms with E-state index in [0.717, 1.165) is 18.7 Å². The van der Waals surface area contributed by atoms with E-state index in [1.807, 2.05) is 36.1 Å². The average molecular weight is 256 g/mol. The summed E-state index contributed by atoms with van der Waals surface area (Å²) in [6.07, 6.45) is 5.53. The molecular weight excluding hydrogens is 236 g/mol. The van der Waals surface area contributed by atoms with Crippen LogP contribution >= 0.6 is 0 Å². The third kappa shape index (κ3) is 2.36. The van der Waals surface area contributed by atoms with Crippen molar-refractivity contribution in [3.05, 3.63) is 47.3 Å². The van der Waals surface area contributed by atoms with Gasteiger partial charge in [-0.15, -0.1) is 0 Å². The standard InChI is InChI=1S/C15H20N4/c1-19-15-8-4-7-14(12(15)10-18-19)17-9-11-5-2-3-6-13(11)16/h2-3,5-6,10,14,17H,4,7-9,16H2,1H3. The predicted octanol–water partition coefficient (Wildman–Crippen LogP) is 2.17. The molecule has 1 aromatic heterocycles. The summed E-state index contributed by atoms with van der Waals surface area (Å²) in [6, 6.07) is 8.43. The molecule has 0 radical (unpaired) electrons. The van der Waals surface area contributed by atoms with Crippen molar-refractivity contribution in [2.24, 2.45) is 7.05 Å². The van der Waals surface area contributed by atoms with E-state index in [1.165, 1.54) is 29.7 Å². The lowest BCUT2D eigenvalue weighted by atomic mass is 9.93. The van der Waals surface area contributed by atoms with Crippen molar-refractivity contribution in [2.45, 2.75) is 31.8 Å². The number of hydrogen-bond acceptors (Lipinski definition) is 3. The molecule has 19 heavy (non-hydrogen) atoms. The molecule has 4 heteroatoms. The molecule has 0 fully saturated rings. The van der Waals surface area contributed by atoms with Gasteiger partial charge in [-0.3, -0.25) is 4.68 Å². The number of nitrogen functional groups attached to an aromatic ring is 1. The molecule has 1 aliphatic rings. The number of nitrogens with one attached hydrogen (secondary N) is 1. The summed E-state index contributed by atoms with van der Waals surface area (Å²) in [5.74, 6) is 0. The van der Waals surface area contributed by atoms with Gasteiger partial charge in [0.2, 0.25) is 0 Å². The van der Waals surface area contributed by atoms with E-state index >= 15 is 0 Å². The van der Waals surface area contributed by atoms with Gasteiger partial charge < -0.3 is 11.1 Å². The van der Waals surface area contributed by atoms with Crippen LogP contribution in [0.3, 0.4) is 0 Å². The Balaban J connectivity index is 1.73. The number of fused-ring (bicyclic) bond motifs is 1. The van der Waals surface area contributed by atoms with Gasteiger partial charge in [0, 0.05) is 36.6 Å². The van der Waals surface area contributed by atoms with Gasteiger partial charge in [-0.25, -0.2) is 0 Å². The first-order chi connectivity index (χ1) is 9.25. The van der Waals surface area contributed by atoms with Gasteiger partial charge in [0.05, 0.1) is 6.20 Å². The Morgan fingerprint density at radius 3 is 3.11 bits per heavy atom. The zero-order valence-electron chi connectivity index (χ0n) is 11.3. The van der Waals surface area contributed by atoms with Crippen LogP contribution in [0.15, 0.2) is 30.5 Å². The lowest BCUT2D eigenvalue weighted by Crippen LogP contribution is -2.25. The number of aryl methyl sites for hydroxylation is 1. The Morgan fingerprint density at radius 2 is 2.26 bits per heavy atom. The quantitative estimate of drug-likeness (QED) is 0.827. The van der Waals surface area contributed by atoms with Crippen molar-refractivity contribution in [3.8, 4) is 0 Å². The molecule has 1 unspecified atom stereocenters. The summed E-state index contributed by atoms with van der Waals surface area (Å²) in [7, 11) is 2.02. The molecule has 0 saturated heterocycles. The Labute approximate surface area is 113 Å². The van der Waals surface area contributed by atoms with Crippen molar-refractivity contribution in [2.75, 3.05) is 5.73 Å². The molecule has 3 N–H and O–H groups in total. The molecule has 1 aliphatic carbocycles. The first kappa shape index (κ1) is 12.2. The van der Waals surface area contributed by atoms with Gasteiger partial charge in [0.1, 0.15) is 0 Å². The van der Waals surface area contributed by atoms with Crippen LogP contribution in [0.5, 0.6) is 0 Å². The first-order valence-corrected chi connectivity index (χ1v) is 6.83. The second kappa shape index (κ2) is 5.05. The second-order valence-corrected chi connectivity index (χ2v) is 5.19. The van der Waals surface area contributed by atoms with E-state index in [2.05, 4.69) is 16.5 Å². The number of benzene rings is 1. The maximum absolute atomic E-state index is 5.98. The molecule has 1 heterocycles. The van der Waals surface area contributed by atoms with Crippen LogP contribution in [0.1, 0.15) is 35.7 Å². The molecule has 0 amide bonds. The number of hydrogen-bond donors (Lipinski definition) is 2. The number of anilines is 1. The molecule has 0 aliphatic heterocycles. The van der Waals surface area contributed by atoms with Crippen molar-refractivity contribution in [1.29, 1.82) is 0 Å². The molecule has 2 aromatic rings. The number of rotatable bonds is 3. The summed E-state index contributed by atoms with van der Waals surface area (Å²) in [4.78, 5) is 0. The molecular formula is C15H20N4. The number of para-hydroxylation sites is 1. The number of aromatic nitrogens is 2. The summed E-state index contributed by atoms with van der Waals surface area (Å²) in [6.45, 7) is 0.811. The summed E-state index contributed by atoms with van der Waals surface area (Å²) in [5, 5.41) is 7.99. The van der Waals surface area contributed by atoms with Crippen LogP contribution in [0.25, 0.3) is 0 Å². The minimum atomic E-state index is 0.400. The largest absolute Gasteiger partial charge is 0.398 e. The first-order valence-electron chi connectivity index (χ1n) is 6.83. The highest BCUT2D eigenvalue weighted by Crippen LogP contribution is 2.29. The molecule has 4 nitrogen and oxygen atoms in total. The fourth-order valence-corrected chi connectivity index (χ4v) is 2.85. The zero-order chi connectivity index (χ0) is 13.2. The monoisotopic (exact) mass is 256 g/mol. The molecule has 3 rings (SSSR count). The van der Waals surface area contributed by atoms with E-state index in [0.29, 0.717) is 6.04 Å². The van der Waals surface area contributed by atoms with E-state index in [9.17, 15) is 0 Å². The molecule has 0 bridgehead atoms. The maximum atomic E-state index is 5.98. The van der Waals surface area contributed by atoms with E-state index in [-0.39, 0.29) is 0 Å². The maximum Gasteiger partial charge on any atom is 0.0540 e. The van der Waals surface area contributed by atoms with Gasteiger partial charge in [0.25, 0.3) is 0 Å². The second-order valence-electron chi connectivity index (χ2n) is 5.19. The fraction of sp³-hybridized carbons (Fsp3) is 0.400. The van der Waals surface area contributed by atoms with Gasteiger partial charge in [-0.05, 0) is 30.9 Å². The van der Waals surface area contributed by atoms with Gasteiger partial charge >= 0.3 is 0 Å². The fourth-order valence-electron chi connectivity index (χ4n) is 2.85. The van der Waals surface area contributed by atoms with Crippen LogP contribution in [-0.2, 0) is 20.0 Å². The molecule has 100 valence electrons. The van der Waals surface area contributed by atoms with E-state index in [1.54, 1.807) is 0 Å². The van der Waals surface area contributed by atoms with Crippen molar-refractivity contribution >= 4 is 5.69 Å². The van der Waals surface area contributed by atoms with Gasteiger partial charge in [-0.1, -0.05) is 18.2 Å². The molecule has 0 saturated carbocycles. The average Bonchev–Trinajstić information content (AvgIpc) is 2.81. The minimum absolute atomic E-state index is 0.400. The van der Waals surface area contributed by atoms with Crippen LogP contribution < -0.4 is 11.1 Å². The van der Waals surface area contributed by atoms with Gasteiger partial charge in [-0.2, -0.15) is 5.10 Å². The topological polar surface area (TPSA) is 55.9 Å².